The molecule has 2 aromatic rings. The number of rotatable bonds is 2. The molecule has 0 aliphatic carbocycles. The first kappa shape index (κ1) is 8.42. The lowest BCUT2D eigenvalue weighted by Crippen LogP contribution is -2.10. The highest BCUT2D eigenvalue weighted by atomic mass is 16.4. The van der Waals surface area contributed by atoms with Crippen LogP contribution in [-0.4, -0.2) is 30.7 Å². The summed E-state index contributed by atoms with van der Waals surface area (Å²) in [5, 5.41) is 14.4. The van der Waals surface area contributed by atoms with Gasteiger partial charge in [-0.05, 0) is 0 Å². The van der Waals surface area contributed by atoms with E-state index >= 15 is 0 Å². The first-order valence-corrected chi connectivity index (χ1v) is 3.80. The molecule has 0 amide bonds. The van der Waals surface area contributed by atoms with Crippen molar-refractivity contribution in [3.05, 3.63) is 28.6 Å². The van der Waals surface area contributed by atoms with E-state index in [1.54, 1.807) is 0 Å². The highest BCUT2D eigenvalue weighted by Gasteiger charge is 2.05. The lowest BCUT2D eigenvalue weighted by atomic mass is 10.3. The molecule has 14 heavy (non-hydrogen) atoms. The fourth-order valence-corrected chi connectivity index (χ4v) is 1.10. The van der Waals surface area contributed by atoms with Gasteiger partial charge < -0.3 is 5.11 Å². The van der Waals surface area contributed by atoms with E-state index in [1.807, 2.05) is 0 Å². The van der Waals surface area contributed by atoms with E-state index in [9.17, 15) is 9.59 Å². The van der Waals surface area contributed by atoms with Gasteiger partial charge in [-0.25, -0.2) is 19.3 Å². The molecule has 0 aliphatic heterocycles. The topological polar surface area (TPSA) is 100 Å². The summed E-state index contributed by atoms with van der Waals surface area (Å²) in [5.41, 5.74) is 0.333. The van der Waals surface area contributed by atoms with Gasteiger partial charge in [0.15, 0.2) is 5.65 Å². The summed E-state index contributed by atoms with van der Waals surface area (Å²) < 4.78 is 1.20. The molecule has 2 aromatic heterocycles. The molecule has 0 spiro atoms. The highest BCUT2D eigenvalue weighted by Crippen LogP contribution is 1.99. The SMILES string of the molecule is O=C(O)Cc1cc2n[nH]c(=O)n2cn1. The maximum Gasteiger partial charge on any atom is 0.348 e. The van der Waals surface area contributed by atoms with Crippen LogP contribution in [0.2, 0.25) is 0 Å². The van der Waals surface area contributed by atoms with Crippen LogP contribution in [0.25, 0.3) is 5.65 Å². The fraction of sp³-hybridized carbons (Fsp3) is 0.143. The lowest BCUT2D eigenvalue weighted by Gasteiger charge is -1.95. The first-order valence-electron chi connectivity index (χ1n) is 3.80. The van der Waals surface area contributed by atoms with Gasteiger partial charge in [-0.15, -0.1) is 0 Å². The van der Waals surface area contributed by atoms with E-state index in [4.69, 9.17) is 5.11 Å². The normalized spacial score (nSPS) is 10.6. The summed E-state index contributed by atoms with van der Waals surface area (Å²) in [5.74, 6) is -0.972. The molecule has 0 saturated carbocycles. The van der Waals surface area contributed by atoms with Gasteiger partial charge in [-0.2, -0.15) is 5.10 Å². The Bertz CT molecular complexity index is 541. The third-order valence-corrected chi connectivity index (χ3v) is 1.70. The number of nitrogens with one attached hydrogen (secondary N) is 1. The van der Waals surface area contributed by atoms with Crippen LogP contribution < -0.4 is 5.69 Å². The van der Waals surface area contributed by atoms with Crippen LogP contribution >= 0.6 is 0 Å². The van der Waals surface area contributed by atoms with Crippen LogP contribution in [0.15, 0.2) is 17.2 Å². The Morgan fingerprint density at radius 1 is 1.64 bits per heavy atom. The van der Waals surface area contributed by atoms with Crippen LogP contribution in [-0.2, 0) is 11.2 Å². The summed E-state index contributed by atoms with van der Waals surface area (Å²) in [4.78, 5) is 25.2. The molecule has 72 valence electrons. The van der Waals surface area contributed by atoms with E-state index in [2.05, 4.69) is 15.2 Å². The molecular weight excluding hydrogens is 188 g/mol. The van der Waals surface area contributed by atoms with Crippen LogP contribution in [0.3, 0.4) is 0 Å². The number of H-pyrrole nitrogens is 1. The van der Waals surface area contributed by atoms with E-state index in [1.165, 1.54) is 16.8 Å². The smallest absolute Gasteiger partial charge is 0.348 e. The van der Waals surface area contributed by atoms with Gasteiger partial charge in [0, 0.05) is 6.07 Å². The molecule has 7 nitrogen and oxygen atoms in total. The van der Waals surface area contributed by atoms with Crippen molar-refractivity contribution < 1.29 is 9.90 Å². The number of hydrogen-bond acceptors (Lipinski definition) is 4. The van der Waals surface area contributed by atoms with Crippen LogP contribution in [0, 0.1) is 0 Å². The van der Waals surface area contributed by atoms with E-state index in [0.29, 0.717) is 11.3 Å². The second-order valence-electron chi connectivity index (χ2n) is 2.71. The van der Waals surface area contributed by atoms with Crippen molar-refractivity contribution in [1.82, 2.24) is 19.6 Å². The molecule has 0 saturated heterocycles. The fourth-order valence-electron chi connectivity index (χ4n) is 1.10. The van der Waals surface area contributed by atoms with Crippen molar-refractivity contribution in [1.29, 1.82) is 0 Å². The van der Waals surface area contributed by atoms with Crippen LogP contribution in [0.4, 0.5) is 0 Å². The summed E-state index contributed by atoms with van der Waals surface area (Å²) in [6.07, 6.45) is 1.07. The number of aromatic nitrogens is 4. The second kappa shape index (κ2) is 2.95. The third-order valence-electron chi connectivity index (χ3n) is 1.70. The molecular formula is C7H6N4O3. The van der Waals surface area contributed by atoms with E-state index in [-0.39, 0.29) is 6.42 Å². The summed E-state index contributed by atoms with van der Waals surface area (Å²) in [6.45, 7) is 0. The molecule has 2 heterocycles. The molecule has 0 radical (unpaired) electrons. The number of carbonyl (C=O) groups is 1. The molecule has 0 unspecified atom stereocenters. The number of hydrogen-bond donors (Lipinski definition) is 2. The zero-order chi connectivity index (χ0) is 10.1. The van der Waals surface area contributed by atoms with Gasteiger partial charge in [0.05, 0.1) is 12.1 Å². The van der Waals surface area contributed by atoms with Crippen molar-refractivity contribution in [2.75, 3.05) is 0 Å². The molecule has 2 rings (SSSR count). The number of carboxylic acids is 1. The van der Waals surface area contributed by atoms with Gasteiger partial charge in [-0.3, -0.25) is 4.79 Å². The monoisotopic (exact) mass is 194 g/mol. The van der Waals surface area contributed by atoms with E-state index in [0.717, 1.165) is 0 Å². The largest absolute Gasteiger partial charge is 0.481 e. The van der Waals surface area contributed by atoms with Crippen molar-refractivity contribution in [2.24, 2.45) is 0 Å². The average Bonchev–Trinajstić information content (AvgIpc) is 2.46. The van der Waals surface area contributed by atoms with Gasteiger partial charge in [0.25, 0.3) is 0 Å². The predicted octanol–water partition coefficient (Wildman–Crippen LogP) is -0.955. The Kier molecular flexibility index (Phi) is 1.77. The van der Waals surface area contributed by atoms with Crippen LogP contribution in [0.1, 0.15) is 5.69 Å². The highest BCUT2D eigenvalue weighted by molar-refractivity contribution is 5.69. The van der Waals surface area contributed by atoms with E-state index < -0.39 is 11.7 Å². The van der Waals surface area contributed by atoms with Gasteiger partial charge in [-0.1, -0.05) is 0 Å². The number of nitrogens with zero attached hydrogens (tertiary/aromatic N) is 3. The van der Waals surface area contributed by atoms with Gasteiger partial charge in [0.2, 0.25) is 0 Å². The van der Waals surface area contributed by atoms with Crippen molar-refractivity contribution in [3.63, 3.8) is 0 Å². The second-order valence-corrected chi connectivity index (χ2v) is 2.71. The summed E-state index contributed by atoms with van der Waals surface area (Å²) in [7, 11) is 0. The first-order chi connectivity index (χ1) is 6.66. The maximum absolute atomic E-state index is 11.0. The standard InChI is InChI=1S/C7H6N4O3/c12-6(13)2-4-1-5-9-10-7(14)11(5)3-8-4/h1,3H,2H2,(H,10,14)(H,12,13). The zero-order valence-electron chi connectivity index (χ0n) is 6.97. The third kappa shape index (κ3) is 1.35. The minimum atomic E-state index is -0.972. The summed E-state index contributed by atoms with van der Waals surface area (Å²) >= 11 is 0. The molecule has 2 N–H and O–H groups in total. The van der Waals surface area contributed by atoms with Gasteiger partial charge in [0.1, 0.15) is 6.33 Å². The Hall–Kier alpha value is -2.18. The number of aromatic amines is 1. The van der Waals surface area contributed by atoms with Crippen molar-refractivity contribution in [2.45, 2.75) is 6.42 Å². The van der Waals surface area contributed by atoms with Gasteiger partial charge >= 0.3 is 11.7 Å². The molecule has 0 bridgehead atoms. The Morgan fingerprint density at radius 3 is 3.14 bits per heavy atom. The minimum absolute atomic E-state index is 0.183. The molecule has 0 aliphatic rings. The Balaban J connectivity index is 2.52. The molecule has 0 fully saturated rings. The summed E-state index contributed by atoms with van der Waals surface area (Å²) in [6, 6.07) is 1.45. The Morgan fingerprint density at radius 2 is 2.43 bits per heavy atom. The predicted molar refractivity (Wildman–Crippen MR) is 44.9 cm³/mol. The van der Waals surface area contributed by atoms with Crippen molar-refractivity contribution in [3.8, 4) is 0 Å². The van der Waals surface area contributed by atoms with Crippen LogP contribution in [0.5, 0.6) is 0 Å². The number of aliphatic carboxylic acids is 1. The molecule has 7 heteroatoms. The van der Waals surface area contributed by atoms with Crippen molar-refractivity contribution >= 4 is 11.6 Å². The Labute approximate surface area is 77.0 Å². The quantitative estimate of drug-likeness (QED) is 0.641. The lowest BCUT2D eigenvalue weighted by molar-refractivity contribution is -0.136. The zero-order valence-corrected chi connectivity index (χ0v) is 6.97. The molecule has 0 atom stereocenters. The average molecular weight is 194 g/mol. The molecule has 0 aromatic carbocycles. The number of fused-ring (bicyclic) bond motifs is 1. The number of carboxylic acid groups (broad SMARTS) is 1. The minimum Gasteiger partial charge on any atom is -0.481 e. The maximum atomic E-state index is 11.0.